The number of furan rings is 1. The van der Waals surface area contributed by atoms with E-state index in [4.69, 9.17) is 9.40 Å². The zero-order chi connectivity index (χ0) is 29.8. The number of aromatic nitrogens is 2. The van der Waals surface area contributed by atoms with Crippen LogP contribution in [0.4, 0.5) is 0 Å². The summed E-state index contributed by atoms with van der Waals surface area (Å²) >= 11 is 0. The monoisotopic (exact) mass is 568 g/mol. The standard InChI is InChI=1S/C41H32N2O/c1-41(2,3)29-23-20-27(21-24-29)35-26-28(31-15-11-16-33-32-14-7-10-19-38(32)44-39(31)33)22-25-34(35)40-42-36-17-8-9-18-37(36)43(40)30-12-5-4-6-13-30/h4-26H,1-3H3. The fraction of sp³-hybridized carbons (Fsp3) is 0.0976. The Balaban J connectivity index is 1.40. The highest BCUT2D eigenvalue weighted by molar-refractivity contribution is 6.09. The molecule has 2 aromatic heterocycles. The second kappa shape index (κ2) is 10.1. The van der Waals surface area contributed by atoms with Gasteiger partial charge in [0.15, 0.2) is 0 Å². The third-order valence-corrected chi connectivity index (χ3v) is 8.61. The maximum absolute atomic E-state index is 6.45. The zero-order valence-electron chi connectivity index (χ0n) is 25.1. The SMILES string of the molecule is CC(C)(C)c1ccc(-c2cc(-c3cccc4c3oc3ccccc34)ccc2-c2nc3ccccc3n2-c2ccccc2)cc1. The Morgan fingerprint density at radius 1 is 0.568 bits per heavy atom. The minimum absolute atomic E-state index is 0.0709. The van der Waals surface area contributed by atoms with Crippen molar-refractivity contribution in [1.29, 1.82) is 0 Å². The third kappa shape index (κ3) is 4.32. The Labute approximate surface area is 257 Å². The molecule has 8 rings (SSSR count). The van der Waals surface area contributed by atoms with Crippen LogP contribution in [0.1, 0.15) is 26.3 Å². The molecule has 0 saturated carbocycles. The summed E-state index contributed by atoms with van der Waals surface area (Å²) in [6.45, 7) is 6.76. The Morgan fingerprint density at radius 3 is 2.09 bits per heavy atom. The maximum Gasteiger partial charge on any atom is 0.146 e. The van der Waals surface area contributed by atoms with Gasteiger partial charge >= 0.3 is 0 Å². The first-order chi connectivity index (χ1) is 21.5. The molecule has 0 aliphatic rings. The van der Waals surface area contributed by atoms with Crippen LogP contribution in [0.15, 0.2) is 144 Å². The molecule has 3 nitrogen and oxygen atoms in total. The molecule has 3 heteroatoms. The van der Waals surface area contributed by atoms with Gasteiger partial charge in [0.1, 0.15) is 17.0 Å². The van der Waals surface area contributed by atoms with E-state index in [2.05, 4.69) is 153 Å². The number of benzene rings is 6. The van der Waals surface area contributed by atoms with Gasteiger partial charge in [-0.05, 0) is 70.1 Å². The normalized spacial score (nSPS) is 12.0. The van der Waals surface area contributed by atoms with Crippen LogP contribution in [-0.2, 0) is 5.41 Å². The van der Waals surface area contributed by atoms with Crippen LogP contribution >= 0.6 is 0 Å². The fourth-order valence-corrected chi connectivity index (χ4v) is 6.31. The highest BCUT2D eigenvalue weighted by Gasteiger charge is 2.21. The number of hydrogen-bond donors (Lipinski definition) is 0. The van der Waals surface area contributed by atoms with E-state index in [1.807, 2.05) is 12.1 Å². The van der Waals surface area contributed by atoms with Crippen LogP contribution < -0.4 is 0 Å². The molecular weight excluding hydrogens is 536 g/mol. The van der Waals surface area contributed by atoms with Crippen LogP contribution in [0, 0.1) is 0 Å². The fourth-order valence-electron chi connectivity index (χ4n) is 6.31. The predicted octanol–water partition coefficient (Wildman–Crippen LogP) is 11.2. The molecular formula is C41H32N2O. The summed E-state index contributed by atoms with van der Waals surface area (Å²) in [5.41, 5.74) is 11.9. The van der Waals surface area contributed by atoms with Crippen molar-refractivity contribution < 1.29 is 4.42 Å². The molecule has 2 heterocycles. The van der Waals surface area contributed by atoms with Crippen LogP contribution in [0.5, 0.6) is 0 Å². The average molecular weight is 569 g/mol. The van der Waals surface area contributed by atoms with Gasteiger partial charge in [-0.15, -0.1) is 0 Å². The van der Waals surface area contributed by atoms with Gasteiger partial charge in [-0.3, -0.25) is 4.57 Å². The van der Waals surface area contributed by atoms with Crippen LogP contribution in [0.25, 0.3) is 72.3 Å². The van der Waals surface area contributed by atoms with Crippen molar-refractivity contribution >= 4 is 33.0 Å². The smallest absolute Gasteiger partial charge is 0.146 e. The molecule has 44 heavy (non-hydrogen) atoms. The molecule has 0 saturated heterocycles. The molecule has 0 amide bonds. The highest BCUT2D eigenvalue weighted by atomic mass is 16.3. The van der Waals surface area contributed by atoms with E-state index in [0.717, 1.165) is 72.3 Å². The summed E-state index contributed by atoms with van der Waals surface area (Å²) in [5, 5.41) is 2.26. The lowest BCUT2D eigenvalue weighted by Crippen LogP contribution is -2.10. The molecule has 212 valence electrons. The van der Waals surface area contributed by atoms with E-state index in [1.54, 1.807) is 0 Å². The largest absolute Gasteiger partial charge is 0.455 e. The first kappa shape index (κ1) is 26.2. The van der Waals surface area contributed by atoms with Crippen molar-refractivity contribution in [3.63, 3.8) is 0 Å². The van der Waals surface area contributed by atoms with Crippen LogP contribution in [0.2, 0.25) is 0 Å². The van der Waals surface area contributed by atoms with Crippen molar-refractivity contribution in [3.05, 3.63) is 145 Å². The number of rotatable bonds is 4. The third-order valence-electron chi connectivity index (χ3n) is 8.61. The summed E-state index contributed by atoms with van der Waals surface area (Å²) in [4.78, 5) is 5.23. The lowest BCUT2D eigenvalue weighted by molar-refractivity contribution is 0.590. The number of imidazole rings is 1. The van der Waals surface area contributed by atoms with E-state index in [-0.39, 0.29) is 5.41 Å². The summed E-state index contributed by atoms with van der Waals surface area (Å²) in [7, 11) is 0. The van der Waals surface area contributed by atoms with Gasteiger partial charge in [0.2, 0.25) is 0 Å². The summed E-state index contributed by atoms with van der Waals surface area (Å²) in [5.74, 6) is 0.917. The Morgan fingerprint density at radius 2 is 1.27 bits per heavy atom. The van der Waals surface area contributed by atoms with E-state index in [9.17, 15) is 0 Å². The van der Waals surface area contributed by atoms with Gasteiger partial charge < -0.3 is 4.42 Å². The molecule has 0 spiro atoms. The molecule has 6 aromatic carbocycles. The molecule has 0 N–H and O–H groups in total. The highest BCUT2D eigenvalue weighted by Crippen LogP contribution is 2.41. The van der Waals surface area contributed by atoms with Crippen LogP contribution in [0.3, 0.4) is 0 Å². The predicted molar refractivity (Wildman–Crippen MR) is 183 cm³/mol. The zero-order valence-corrected chi connectivity index (χ0v) is 25.1. The molecule has 0 unspecified atom stereocenters. The molecule has 8 aromatic rings. The Kier molecular flexibility index (Phi) is 6.02. The van der Waals surface area contributed by atoms with Gasteiger partial charge in [0.05, 0.1) is 11.0 Å². The topological polar surface area (TPSA) is 31.0 Å². The Bertz CT molecular complexity index is 2300. The number of nitrogens with zero attached hydrogens (tertiary/aromatic N) is 2. The minimum Gasteiger partial charge on any atom is -0.455 e. The quantitative estimate of drug-likeness (QED) is 0.211. The van der Waals surface area contributed by atoms with Crippen molar-refractivity contribution in [3.8, 4) is 39.3 Å². The maximum atomic E-state index is 6.45. The molecule has 0 radical (unpaired) electrons. The van der Waals surface area contributed by atoms with Crippen LogP contribution in [-0.4, -0.2) is 9.55 Å². The second-order valence-corrected chi connectivity index (χ2v) is 12.5. The van der Waals surface area contributed by atoms with Gasteiger partial charge in [0.25, 0.3) is 0 Å². The summed E-state index contributed by atoms with van der Waals surface area (Å²) < 4.78 is 8.73. The van der Waals surface area contributed by atoms with Gasteiger partial charge in [-0.25, -0.2) is 4.98 Å². The molecule has 0 aliphatic carbocycles. The lowest BCUT2D eigenvalue weighted by Gasteiger charge is -2.20. The van der Waals surface area contributed by atoms with Gasteiger partial charge in [-0.2, -0.15) is 0 Å². The number of fused-ring (bicyclic) bond motifs is 4. The minimum atomic E-state index is 0.0709. The summed E-state index contributed by atoms with van der Waals surface area (Å²) in [6, 6.07) is 49.3. The molecule has 0 bridgehead atoms. The van der Waals surface area contributed by atoms with Crippen molar-refractivity contribution in [1.82, 2.24) is 9.55 Å². The number of hydrogen-bond acceptors (Lipinski definition) is 2. The van der Waals surface area contributed by atoms with Gasteiger partial charge in [0, 0.05) is 27.6 Å². The Hall–Kier alpha value is -5.41. The van der Waals surface area contributed by atoms with Crippen molar-refractivity contribution in [2.45, 2.75) is 26.2 Å². The van der Waals surface area contributed by atoms with E-state index < -0.39 is 0 Å². The van der Waals surface area contributed by atoms with E-state index in [1.165, 1.54) is 5.56 Å². The average Bonchev–Trinajstić information content (AvgIpc) is 3.63. The molecule has 0 aliphatic heterocycles. The van der Waals surface area contributed by atoms with Crippen molar-refractivity contribution in [2.24, 2.45) is 0 Å². The molecule has 0 atom stereocenters. The van der Waals surface area contributed by atoms with E-state index >= 15 is 0 Å². The second-order valence-electron chi connectivity index (χ2n) is 12.5. The lowest BCUT2D eigenvalue weighted by atomic mass is 9.85. The summed E-state index contributed by atoms with van der Waals surface area (Å²) in [6.07, 6.45) is 0. The van der Waals surface area contributed by atoms with E-state index in [0.29, 0.717) is 0 Å². The van der Waals surface area contributed by atoms with Gasteiger partial charge in [-0.1, -0.05) is 118 Å². The van der Waals surface area contributed by atoms with Crippen molar-refractivity contribution in [2.75, 3.05) is 0 Å². The number of para-hydroxylation sites is 5. The first-order valence-corrected chi connectivity index (χ1v) is 15.1. The molecule has 0 fully saturated rings. The first-order valence-electron chi connectivity index (χ1n) is 15.1.